The van der Waals surface area contributed by atoms with Gasteiger partial charge in [0.2, 0.25) is 5.91 Å². The van der Waals surface area contributed by atoms with Crippen molar-refractivity contribution in [1.82, 2.24) is 14.5 Å². The van der Waals surface area contributed by atoms with Gasteiger partial charge in [0.1, 0.15) is 18.2 Å². The zero-order chi connectivity index (χ0) is 22.8. The minimum Gasteiger partial charge on any atom is -0.491 e. The molecule has 0 aliphatic carbocycles. The smallest absolute Gasteiger partial charge is 0.223 e. The number of benzene rings is 3. The number of hydrogen-bond donors (Lipinski definition) is 0. The molecule has 1 fully saturated rings. The maximum Gasteiger partial charge on any atom is 0.223 e. The summed E-state index contributed by atoms with van der Waals surface area (Å²) in [6, 6.07) is 24.5. The molecule has 0 spiro atoms. The van der Waals surface area contributed by atoms with Crippen molar-refractivity contribution in [3.63, 3.8) is 0 Å². The van der Waals surface area contributed by atoms with Gasteiger partial charge in [-0.25, -0.2) is 4.98 Å². The fraction of sp³-hybridized carbons (Fsp3) is 0.286. The monoisotopic (exact) mass is 439 g/mol. The van der Waals surface area contributed by atoms with E-state index in [0.717, 1.165) is 28.2 Å². The summed E-state index contributed by atoms with van der Waals surface area (Å²) < 4.78 is 8.39. The second-order valence-electron chi connectivity index (χ2n) is 8.82. The van der Waals surface area contributed by atoms with Gasteiger partial charge < -0.3 is 14.2 Å². The standard InChI is InChI=1S/C28H29N3O2/c1-20-9-8-14-26(21(20)2)33-16-15-31-25-13-7-6-12-24(25)29-28(31)23-17-27(32)30(19-23)18-22-10-4-3-5-11-22/h3-14,23H,15-19H2,1-2H3/t23-/m0/s1. The summed E-state index contributed by atoms with van der Waals surface area (Å²) >= 11 is 0. The number of imidazole rings is 1. The Balaban J connectivity index is 1.36. The Morgan fingerprint density at radius 3 is 2.61 bits per heavy atom. The largest absolute Gasteiger partial charge is 0.491 e. The number of aryl methyl sites for hydroxylation is 1. The number of para-hydroxylation sites is 2. The van der Waals surface area contributed by atoms with Crippen LogP contribution in [-0.4, -0.2) is 33.5 Å². The van der Waals surface area contributed by atoms with E-state index in [1.807, 2.05) is 53.4 Å². The fourth-order valence-corrected chi connectivity index (χ4v) is 4.67. The van der Waals surface area contributed by atoms with Crippen LogP contribution >= 0.6 is 0 Å². The zero-order valence-corrected chi connectivity index (χ0v) is 19.2. The molecule has 1 amide bonds. The average Bonchev–Trinajstić information content (AvgIpc) is 3.38. The molecule has 5 heteroatoms. The van der Waals surface area contributed by atoms with Crippen LogP contribution in [0.5, 0.6) is 5.75 Å². The molecule has 1 aromatic heterocycles. The Bertz CT molecular complexity index is 1280. The molecule has 2 heterocycles. The van der Waals surface area contributed by atoms with Gasteiger partial charge in [-0.05, 0) is 48.7 Å². The van der Waals surface area contributed by atoms with Crippen LogP contribution in [0.2, 0.25) is 0 Å². The van der Waals surface area contributed by atoms with Crippen LogP contribution in [0, 0.1) is 13.8 Å². The van der Waals surface area contributed by atoms with E-state index in [1.54, 1.807) is 0 Å². The van der Waals surface area contributed by atoms with E-state index in [-0.39, 0.29) is 11.8 Å². The third kappa shape index (κ3) is 4.36. The number of fused-ring (bicyclic) bond motifs is 1. The van der Waals surface area contributed by atoms with E-state index in [1.165, 1.54) is 11.1 Å². The molecule has 33 heavy (non-hydrogen) atoms. The first-order valence-electron chi connectivity index (χ1n) is 11.6. The number of hydrogen-bond acceptors (Lipinski definition) is 3. The molecule has 0 unspecified atom stereocenters. The SMILES string of the molecule is Cc1cccc(OCCn2c([C@H]3CC(=O)N(Cc4ccccc4)C3)nc3ccccc32)c1C. The van der Waals surface area contributed by atoms with E-state index >= 15 is 0 Å². The van der Waals surface area contributed by atoms with Crippen molar-refractivity contribution < 1.29 is 9.53 Å². The van der Waals surface area contributed by atoms with Crippen molar-refractivity contribution in [3.8, 4) is 5.75 Å². The number of carbonyl (C=O) groups excluding carboxylic acids is 1. The Kier molecular flexibility index (Phi) is 5.86. The molecule has 0 radical (unpaired) electrons. The van der Waals surface area contributed by atoms with E-state index in [0.29, 0.717) is 32.7 Å². The van der Waals surface area contributed by atoms with Crippen LogP contribution in [0.4, 0.5) is 0 Å². The van der Waals surface area contributed by atoms with Crippen molar-refractivity contribution in [2.45, 2.75) is 39.3 Å². The number of likely N-dealkylation sites (tertiary alicyclic amines) is 1. The van der Waals surface area contributed by atoms with Crippen LogP contribution in [-0.2, 0) is 17.9 Å². The Morgan fingerprint density at radius 2 is 1.76 bits per heavy atom. The van der Waals surface area contributed by atoms with E-state index in [2.05, 4.69) is 42.7 Å². The molecule has 0 bridgehead atoms. The summed E-state index contributed by atoms with van der Waals surface area (Å²) in [6.07, 6.45) is 0.494. The summed E-state index contributed by atoms with van der Waals surface area (Å²) in [6.45, 7) is 6.76. The first-order valence-corrected chi connectivity index (χ1v) is 11.6. The first kappa shape index (κ1) is 21.3. The third-order valence-electron chi connectivity index (χ3n) is 6.61. The Morgan fingerprint density at radius 1 is 0.970 bits per heavy atom. The van der Waals surface area contributed by atoms with Crippen molar-refractivity contribution in [3.05, 3.63) is 95.3 Å². The minimum absolute atomic E-state index is 0.0781. The second kappa shape index (κ2) is 9.10. The molecule has 1 atom stereocenters. The summed E-state index contributed by atoms with van der Waals surface area (Å²) in [5.74, 6) is 2.17. The topological polar surface area (TPSA) is 47.4 Å². The van der Waals surface area contributed by atoms with Gasteiger partial charge in [0.25, 0.3) is 0 Å². The molecule has 1 saturated heterocycles. The first-order chi connectivity index (χ1) is 16.1. The summed E-state index contributed by atoms with van der Waals surface area (Å²) in [7, 11) is 0. The lowest BCUT2D eigenvalue weighted by Gasteiger charge is -2.18. The molecule has 1 aliphatic heterocycles. The second-order valence-corrected chi connectivity index (χ2v) is 8.82. The van der Waals surface area contributed by atoms with Gasteiger partial charge in [0.15, 0.2) is 0 Å². The normalized spacial score (nSPS) is 16.0. The van der Waals surface area contributed by atoms with Gasteiger partial charge in [-0.15, -0.1) is 0 Å². The molecule has 5 rings (SSSR count). The quantitative estimate of drug-likeness (QED) is 0.395. The third-order valence-corrected chi connectivity index (χ3v) is 6.61. The maximum absolute atomic E-state index is 12.8. The summed E-state index contributed by atoms with van der Waals surface area (Å²) in [4.78, 5) is 19.7. The fourth-order valence-electron chi connectivity index (χ4n) is 4.67. The van der Waals surface area contributed by atoms with Crippen molar-refractivity contribution in [2.24, 2.45) is 0 Å². The molecule has 0 saturated carbocycles. The predicted octanol–water partition coefficient (Wildman–Crippen LogP) is 5.25. The number of nitrogens with zero attached hydrogens (tertiary/aromatic N) is 3. The maximum atomic E-state index is 12.8. The minimum atomic E-state index is 0.0781. The molecular weight excluding hydrogens is 410 g/mol. The van der Waals surface area contributed by atoms with Gasteiger partial charge >= 0.3 is 0 Å². The van der Waals surface area contributed by atoms with Crippen molar-refractivity contribution >= 4 is 16.9 Å². The number of aromatic nitrogens is 2. The zero-order valence-electron chi connectivity index (χ0n) is 19.2. The highest BCUT2D eigenvalue weighted by Crippen LogP contribution is 2.31. The van der Waals surface area contributed by atoms with Gasteiger partial charge in [0, 0.05) is 25.4 Å². The molecule has 3 aromatic carbocycles. The van der Waals surface area contributed by atoms with E-state index in [4.69, 9.17) is 9.72 Å². The molecule has 168 valence electrons. The van der Waals surface area contributed by atoms with Gasteiger partial charge in [-0.2, -0.15) is 0 Å². The van der Waals surface area contributed by atoms with Gasteiger partial charge in [-0.3, -0.25) is 4.79 Å². The predicted molar refractivity (Wildman–Crippen MR) is 130 cm³/mol. The highest BCUT2D eigenvalue weighted by Gasteiger charge is 2.34. The Hall–Kier alpha value is -3.60. The Labute approximate surface area is 194 Å². The molecule has 1 aliphatic rings. The average molecular weight is 440 g/mol. The molecule has 0 N–H and O–H groups in total. The lowest BCUT2D eigenvalue weighted by Crippen LogP contribution is -2.24. The van der Waals surface area contributed by atoms with E-state index < -0.39 is 0 Å². The van der Waals surface area contributed by atoms with Crippen molar-refractivity contribution in [2.75, 3.05) is 13.2 Å². The van der Waals surface area contributed by atoms with Crippen LogP contribution in [0.3, 0.4) is 0 Å². The lowest BCUT2D eigenvalue weighted by molar-refractivity contribution is -0.128. The van der Waals surface area contributed by atoms with E-state index in [9.17, 15) is 4.79 Å². The molecule has 4 aromatic rings. The number of amides is 1. The number of rotatable bonds is 7. The van der Waals surface area contributed by atoms with Crippen LogP contribution in [0.15, 0.2) is 72.8 Å². The number of carbonyl (C=O) groups is 1. The van der Waals surface area contributed by atoms with Gasteiger partial charge in [-0.1, -0.05) is 54.6 Å². The highest BCUT2D eigenvalue weighted by molar-refractivity contribution is 5.81. The number of ether oxygens (including phenoxy) is 1. The van der Waals surface area contributed by atoms with Crippen LogP contribution in [0.25, 0.3) is 11.0 Å². The molecular formula is C28H29N3O2. The lowest BCUT2D eigenvalue weighted by atomic mass is 10.1. The van der Waals surface area contributed by atoms with Gasteiger partial charge in [0.05, 0.1) is 17.6 Å². The highest BCUT2D eigenvalue weighted by atomic mass is 16.5. The summed E-state index contributed by atoms with van der Waals surface area (Å²) in [5.41, 5.74) is 5.61. The van der Waals surface area contributed by atoms with Crippen LogP contribution < -0.4 is 4.74 Å². The summed E-state index contributed by atoms with van der Waals surface area (Å²) in [5, 5.41) is 0. The van der Waals surface area contributed by atoms with Crippen molar-refractivity contribution in [1.29, 1.82) is 0 Å². The molecule has 5 nitrogen and oxygen atoms in total. The van der Waals surface area contributed by atoms with Crippen LogP contribution in [0.1, 0.15) is 34.9 Å².